The minimum absolute atomic E-state index is 0. The molecule has 15 atom stereocenters. The molecule has 6 aliphatic rings. The van der Waals surface area contributed by atoms with Crippen LogP contribution >= 0.6 is 0 Å². The van der Waals surface area contributed by atoms with E-state index in [1.54, 1.807) is 0 Å². The van der Waals surface area contributed by atoms with Crippen LogP contribution in [0.1, 0.15) is 58.8 Å². The van der Waals surface area contributed by atoms with Gasteiger partial charge in [-0.05, 0) is 56.4 Å². The highest BCUT2D eigenvalue weighted by Gasteiger charge is 2.75. The first-order chi connectivity index (χ1) is 19.2. The van der Waals surface area contributed by atoms with E-state index in [9.17, 15) is 45.6 Å². The van der Waals surface area contributed by atoms with Crippen molar-refractivity contribution in [1.29, 1.82) is 0 Å². The van der Waals surface area contributed by atoms with Crippen LogP contribution < -0.4 is 0 Å². The number of ether oxygens (including phenoxy) is 3. The van der Waals surface area contributed by atoms with Gasteiger partial charge in [-0.25, -0.2) is 4.79 Å². The predicted molar refractivity (Wildman–Crippen MR) is 168 cm³/mol. The molecule has 20 nitrogen and oxygen atoms in total. The Bertz CT molecular complexity index is 1100. The van der Waals surface area contributed by atoms with Gasteiger partial charge >= 0.3 is 5.97 Å². The van der Waals surface area contributed by atoms with Gasteiger partial charge in [0.05, 0.1) is 47.6 Å². The van der Waals surface area contributed by atoms with Crippen LogP contribution in [-0.2, 0) is 19.0 Å². The van der Waals surface area contributed by atoms with Crippen molar-refractivity contribution >= 4 is 5.97 Å². The molecule has 0 aromatic carbocycles. The molecule has 4 aliphatic carbocycles. The van der Waals surface area contributed by atoms with Crippen molar-refractivity contribution in [2.75, 3.05) is 13.2 Å². The van der Waals surface area contributed by atoms with E-state index in [0.717, 1.165) is 5.57 Å². The first kappa shape index (κ1) is 51.9. The lowest BCUT2D eigenvalue weighted by Crippen LogP contribution is -2.76. The van der Waals surface area contributed by atoms with Crippen molar-refractivity contribution in [2.24, 2.45) is 28.6 Å². The Hall–Kier alpha value is -1.51. The van der Waals surface area contributed by atoms with Gasteiger partial charge < -0.3 is 98.9 Å². The molecule has 2 heterocycles. The summed E-state index contributed by atoms with van der Waals surface area (Å²) in [7, 11) is 0. The molecule has 0 amide bonds. The number of hydrogen-bond acceptors (Lipinski definition) is 12. The second kappa shape index (κ2) is 17.3. The van der Waals surface area contributed by atoms with Crippen molar-refractivity contribution < 1.29 is 104 Å². The quantitative estimate of drug-likeness (QED) is 0.0988. The van der Waals surface area contributed by atoms with Crippen LogP contribution in [0.25, 0.3) is 0 Å². The third-order valence-electron chi connectivity index (χ3n) is 12.2. The molecule has 1 unspecified atom stereocenters. The first-order valence-electron chi connectivity index (χ1n) is 14.9. The summed E-state index contributed by atoms with van der Waals surface area (Å²) in [6, 6.07) is 0. The SMILES string of the molecule is C[C@@H]1O[C@@H](O[C@H]2C[C@@H](O)[C@]3(CO)C4[C@H](O)C[C@]5(C)[C@@H](C6=CC(=O)OC6)CC[C@]5(O)[C@@H]4CC[C@]3(O)C2)[C@H](O)[C@H](O)[C@H]1O.O.O.O.O.O.O.O.O. The van der Waals surface area contributed by atoms with E-state index < -0.39 is 95.5 Å². The zero-order valence-corrected chi connectivity index (χ0v) is 27.5. The van der Waals surface area contributed by atoms with Gasteiger partial charge in [-0.3, -0.25) is 0 Å². The fourth-order valence-electron chi connectivity index (χ4n) is 10.1. The average Bonchev–Trinajstić information content (AvgIpc) is 3.45. The zero-order valence-electron chi connectivity index (χ0n) is 27.5. The van der Waals surface area contributed by atoms with Gasteiger partial charge in [-0.15, -0.1) is 0 Å². The molecule has 4 saturated carbocycles. The number of rotatable bonds is 4. The Labute approximate surface area is 282 Å². The van der Waals surface area contributed by atoms with Crippen LogP contribution in [-0.4, -0.2) is 164 Å². The standard InChI is InChI=1S/C29H44O12.8H2O/c1-13-22(34)23(35)24(36)25(40-13)41-15-8-19(32)28(12-30)21-17(3-5-27(28,37)9-15)29(38)6-4-16(14-7-20(33)39-11-14)26(29,2)10-18(21)31;;;;;;;;/h7,13,15-19,21-25,30-32,34-38H,3-6,8-12H2,1-2H3;8*1H2/t13-,15-,16+,17+,18+,19+,21?,22-,23+,24+,25-,26+,27-,28+,29-;;;;;;;;/m0......../s1. The summed E-state index contributed by atoms with van der Waals surface area (Å²) in [5.41, 5.74) is -4.46. The van der Waals surface area contributed by atoms with Crippen LogP contribution in [0.2, 0.25) is 0 Å². The molecule has 6 rings (SSSR count). The maximum atomic E-state index is 12.4. The van der Waals surface area contributed by atoms with Gasteiger partial charge in [0.15, 0.2) is 6.29 Å². The van der Waals surface area contributed by atoms with Crippen LogP contribution in [0.3, 0.4) is 0 Å². The van der Waals surface area contributed by atoms with Crippen molar-refractivity contribution in [3.8, 4) is 0 Å². The summed E-state index contributed by atoms with van der Waals surface area (Å²) < 4.78 is 16.7. The molecular formula is C29H60O20. The van der Waals surface area contributed by atoms with E-state index in [1.165, 1.54) is 13.0 Å². The second-order valence-corrected chi connectivity index (χ2v) is 13.8. The molecule has 5 fully saturated rings. The van der Waals surface area contributed by atoms with Gasteiger partial charge in [0.25, 0.3) is 0 Å². The van der Waals surface area contributed by atoms with E-state index in [0.29, 0.717) is 19.3 Å². The van der Waals surface area contributed by atoms with Gasteiger partial charge in [0.2, 0.25) is 0 Å². The van der Waals surface area contributed by atoms with Gasteiger partial charge in [-0.2, -0.15) is 0 Å². The topological polar surface area (TPSA) is 459 Å². The van der Waals surface area contributed by atoms with Crippen molar-refractivity contribution in [2.45, 2.75) is 119 Å². The molecular weight excluding hydrogens is 668 g/mol. The number of aliphatic hydroxyl groups is 8. The summed E-state index contributed by atoms with van der Waals surface area (Å²) in [5.74, 6) is -1.93. The summed E-state index contributed by atoms with van der Waals surface area (Å²) in [4.78, 5) is 11.8. The van der Waals surface area contributed by atoms with Gasteiger partial charge in [-0.1, -0.05) is 6.92 Å². The number of carbonyl (C=O) groups excluding carboxylic acids is 1. The zero-order chi connectivity index (χ0) is 29.7. The largest absolute Gasteiger partial charge is 0.458 e. The van der Waals surface area contributed by atoms with Crippen LogP contribution in [0.15, 0.2) is 11.6 Å². The Balaban J connectivity index is -0.00000264. The third-order valence-corrected chi connectivity index (χ3v) is 12.2. The third kappa shape index (κ3) is 7.02. The highest BCUT2D eigenvalue weighted by molar-refractivity contribution is 5.85. The summed E-state index contributed by atoms with van der Waals surface area (Å²) in [6.45, 7) is 3.00. The monoisotopic (exact) mass is 728 g/mol. The van der Waals surface area contributed by atoms with E-state index in [-0.39, 0.29) is 82.0 Å². The van der Waals surface area contributed by atoms with Crippen LogP contribution in [0.5, 0.6) is 0 Å². The number of cyclic esters (lactones) is 1. The molecule has 49 heavy (non-hydrogen) atoms. The minimum Gasteiger partial charge on any atom is -0.458 e. The second-order valence-electron chi connectivity index (χ2n) is 13.8. The smallest absolute Gasteiger partial charge is 0.331 e. The van der Waals surface area contributed by atoms with E-state index >= 15 is 0 Å². The lowest BCUT2D eigenvalue weighted by molar-refractivity contribution is -0.342. The summed E-state index contributed by atoms with van der Waals surface area (Å²) in [6.07, 6.45) is -6.68. The van der Waals surface area contributed by atoms with Gasteiger partial charge in [0.1, 0.15) is 24.9 Å². The average molecular weight is 729 g/mol. The lowest BCUT2D eigenvalue weighted by Gasteiger charge is -2.68. The molecule has 296 valence electrons. The summed E-state index contributed by atoms with van der Waals surface area (Å²) in [5, 5.41) is 89.6. The number of aliphatic hydroxyl groups excluding tert-OH is 6. The number of fused-ring (bicyclic) bond motifs is 5. The highest BCUT2D eigenvalue weighted by Crippen LogP contribution is 2.70. The molecule has 1 saturated heterocycles. The maximum Gasteiger partial charge on any atom is 0.331 e. The van der Waals surface area contributed by atoms with E-state index in [1.807, 2.05) is 6.92 Å². The minimum atomic E-state index is -1.67. The van der Waals surface area contributed by atoms with E-state index in [2.05, 4.69) is 0 Å². The molecule has 0 aromatic rings. The number of hydrogen-bond donors (Lipinski definition) is 8. The van der Waals surface area contributed by atoms with E-state index in [4.69, 9.17) is 14.2 Å². The number of carbonyl (C=O) groups is 1. The first-order valence-corrected chi connectivity index (χ1v) is 14.9. The van der Waals surface area contributed by atoms with Crippen molar-refractivity contribution in [3.63, 3.8) is 0 Å². The van der Waals surface area contributed by atoms with Gasteiger partial charge in [0, 0.05) is 30.3 Å². The maximum absolute atomic E-state index is 12.4. The highest BCUT2D eigenvalue weighted by atomic mass is 16.7. The molecule has 0 bridgehead atoms. The Morgan fingerprint density at radius 1 is 0.878 bits per heavy atom. The molecule has 2 aliphatic heterocycles. The van der Waals surface area contributed by atoms with Crippen LogP contribution in [0, 0.1) is 28.6 Å². The fourth-order valence-corrected chi connectivity index (χ4v) is 10.1. The molecule has 0 spiro atoms. The fraction of sp³-hybridized carbons (Fsp3) is 0.897. The normalized spacial score (nSPS) is 47.6. The molecule has 24 N–H and O–H groups in total. The molecule has 20 heteroatoms. The summed E-state index contributed by atoms with van der Waals surface area (Å²) >= 11 is 0. The lowest BCUT2D eigenvalue weighted by atomic mass is 9.40. The number of esters is 1. The predicted octanol–water partition coefficient (Wildman–Crippen LogP) is -8.11. The Kier molecular flexibility index (Phi) is 18.3. The Morgan fingerprint density at radius 2 is 1.49 bits per heavy atom. The molecule has 0 aromatic heterocycles. The van der Waals surface area contributed by atoms with Crippen molar-refractivity contribution in [3.05, 3.63) is 11.6 Å². The van der Waals surface area contributed by atoms with Crippen LogP contribution in [0.4, 0.5) is 0 Å². The van der Waals surface area contributed by atoms with Crippen molar-refractivity contribution in [1.82, 2.24) is 0 Å². The molecule has 0 radical (unpaired) electrons. The Morgan fingerprint density at radius 3 is 2.04 bits per heavy atom.